The maximum absolute atomic E-state index is 3.60. The SMILES string of the molecule is C1CCCC1.CC.CC.CC.CC.CC1=C(C)[C@H](C)C2C1=C(C)C(C)[C@H]2C.[CH2-]CCC.[CH3-].[CH3-].[CH3-].[Zr+4]. The fourth-order valence-electron chi connectivity index (χ4n) is 4.43. The summed E-state index contributed by atoms with van der Waals surface area (Å²) < 4.78 is 0. The third-order valence-electron chi connectivity index (χ3n) is 6.62. The van der Waals surface area contributed by atoms with E-state index >= 15 is 0 Å². The van der Waals surface area contributed by atoms with Crippen molar-refractivity contribution in [1.82, 2.24) is 0 Å². The number of fused-ring (bicyclic) bond motifs is 1. The van der Waals surface area contributed by atoms with E-state index in [1.807, 2.05) is 55.4 Å². The molecular weight excluding hydrogens is 500 g/mol. The molecular formula is C34H74Zr. The van der Waals surface area contributed by atoms with E-state index in [1.165, 1.54) is 38.5 Å². The van der Waals surface area contributed by atoms with Crippen LogP contribution in [0.15, 0.2) is 22.3 Å². The molecule has 4 atom stereocenters. The molecule has 0 aromatic rings. The van der Waals surface area contributed by atoms with Crippen LogP contribution in [0.25, 0.3) is 0 Å². The molecule has 1 saturated carbocycles. The molecule has 0 bridgehead atoms. The second-order valence-corrected chi connectivity index (χ2v) is 7.99. The van der Waals surface area contributed by atoms with Crippen LogP contribution < -0.4 is 0 Å². The average Bonchev–Trinajstić information content (AvgIpc) is 3.55. The summed E-state index contributed by atoms with van der Waals surface area (Å²) in [6, 6.07) is 0. The number of allylic oxidation sites excluding steroid dienone is 4. The zero-order valence-electron chi connectivity index (χ0n) is 28.5. The molecule has 0 spiro atoms. The van der Waals surface area contributed by atoms with Gasteiger partial charge in [0.15, 0.2) is 0 Å². The van der Waals surface area contributed by atoms with Gasteiger partial charge in [-0.2, -0.15) is 6.42 Å². The van der Waals surface area contributed by atoms with Crippen LogP contribution in [0.1, 0.15) is 149 Å². The minimum atomic E-state index is 0. The van der Waals surface area contributed by atoms with Crippen molar-refractivity contribution in [2.45, 2.75) is 149 Å². The molecule has 0 N–H and O–H groups in total. The van der Waals surface area contributed by atoms with Gasteiger partial charge in [0.05, 0.1) is 0 Å². The maximum Gasteiger partial charge on any atom is 4.00 e. The second-order valence-electron chi connectivity index (χ2n) is 7.99. The smallest absolute Gasteiger partial charge is 0.358 e. The van der Waals surface area contributed by atoms with Crippen molar-refractivity contribution in [2.24, 2.45) is 23.7 Å². The fourth-order valence-corrected chi connectivity index (χ4v) is 4.43. The molecule has 0 aliphatic heterocycles. The Balaban J connectivity index is -0.0000000495. The Morgan fingerprint density at radius 3 is 1.14 bits per heavy atom. The van der Waals surface area contributed by atoms with E-state index in [-0.39, 0.29) is 48.5 Å². The summed E-state index contributed by atoms with van der Waals surface area (Å²) in [6.07, 6.45) is 9.78. The topological polar surface area (TPSA) is 0 Å². The van der Waals surface area contributed by atoms with Gasteiger partial charge in [-0.25, -0.2) is 0 Å². The molecule has 214 valence electrons. The van der Waals surface area contributed by atoms with Crippen LogP contribution in [-0.4, -0.2) is 0 Å². The Bertz CT molecular complexity index is 416. The van der Waals surface area contributed by atoms with Crippen LogP contribution in [0.4, 0.5) is 0 Å². The van der Waals surface area contributed by atoms with Gasteiger partial charge in [-0.1, -0.05) is 133 Å². The van der Waals surface area contributed by atoms with Crippen molar-refractivity contribution >= 4 is 0 Å². The summed E-state index contributed by atoms with van der Waals surface area (Å²) in [6.45, 7) is 35.9. The molecule has 1 heteroatoms. The van der Waals surface area contributed by atoms with E-state index in [0.717, 1.165) is 30.1 Å². The Hall–Kier alpha value is 0.363. The minimum Gasteiger partial charge on any atom is -0.358 e. The van der Waals surface area contributed by atoms with Crippen LogP contribution >= 0.6 is 0 Å². The van der Waals surface area contributed by atoms with E-state index in [2.05, 4.69) is 55.4 Å². The Morgan fingerprint density at radius 2 is 0.914 bits per heavy atom. The molecule has 0 aromatic carbocycles. The number of hydrogen-bond acceptors (Lipinski definition) is 0. The normalized spacial score (nSPS) is 21.9. The Labute approximate surface area is 249 Å². The molecule has 0 radical (unpaired) electrons. The molecule has 0 amide bonds. The quantitative estimate of drug-likeness (QED) is 0.274. The van der Waals surface area contributed by atoms with Gasteiger partial charge in [0.2, 0.25) is 0 Å². The largest absolute Gasteiger partial charge is 4.00 e. The van der Waals surface area contributed by atoms with Crippen LogP contribution in [0, 0.1) is 52.9 Å². The molecule has 0 heterocycles. The van der Waals surface area contributed by atoms with E-state index in [0.29, 0.717) is 0 Å². The molecule has 0 saturated heterocycles. The van der Waals surface area contributed by atoms with E-state index in [9.17, 15) is 0 Å². The molecule has 0 aromatic heterocycles. The first-order chi connectivity index (χ1) is 14.9. The van der Waals surface area contributed by atoms with Gasteiger partial charge in [0, 0.05) is 0 Å². The summed E-state index contributed by atoms with van der Waals surface area (Å²) in [5.41, 5.74) is 6.58. The van der Waals surface area contributed by atoms with Crippen LogP contribution in [0.2, 0.25) is 0 Å². The van der Waals surface area contributed by atoms with Crippen LogP contribution in [0.3, 0.4) is 0 Å². The summed E-state index contributed by atoms with van der Waals surface area (Å²) >= 11 is 0. The standard InChI is InChI=1S/C14H22.C5H10.C4H9.4C2H6.3CH3.Zr/c1-7-9(3)13-11(5)8(2)12(6)14(13)10(7)4;1-2-4-5-3-1;1-3-4-2;4*1-2;;;;/h7,9,11,13H,1-6H3;1-5H2;1,3-4H2,2H3;4*1-2H3;3*1H3;/q;;-1;;;;;3*-1;+4/t7?,9-,11+,13?;;;;;;;;;;/m1........../s1. The predicted molar refractivity (Wildman–Crippen MR) is 170 cm³/mol. The summed E-state index contributed by atoms with van der Waals surface area (Å²) in [5.74, 6) is 3.23. The van der Waals surface area contributed by atoms with Crippen molar-refractivity contribution in [3.05, 3.63) is 51.5 Å². The van der Waals surface area contributed by atoms with Gasteiger partial charge in [0.25, 0.3) is 0 Å². The van der Waals surface area contributed by atoms with Crippen molar-refractivity contribution < 1.29 is 26.2 Å². The van der Waals surface area contributed by atoms with E-state index in [4.69, 9.17) is 0 Å². The fraction of sp³-hybridized carbons (Fsp3) is 0.765. The second kappa shape index (κ2) is 38.9. The number of unbranched alkanes of at least 4 members (excludes halogenated alkanes) is 1. The van der Waals surface area contributed by atoms with Crippen LogP contribution in [0.5, 0.6) is 0 Å². The molecule has 35 heavy (non-hydrogen) atoms. The van der Waals surface area contributed by atoms with Gasteiger partial charge in [-0.3, -0.25) is 0 Å². The Kier molecular flexibility index (Phi) is 62.0. The average molecular weight is 574 g/mol. The molecule has 3 rings (SSSR count). The van der Waals surface area contributed by atoms with E-state index in [1.54, 1.807) is 22.3 Å². The van der Waals surface area contributed by atoms with Crippen molar-refractivity contribution in [2.75, 3.05) is 0 Å². The van der Waals surface area contributed by atoms with Gasteiger partial charge in [-0.15, -0.1) is 0 Å². The van der Waals surface area contributed by atoms with Crippen molar-refractivity contribution in [1.29, 1.82) is 0 Å². The summed E-state index contributed by atoms with van der Waals surface area (Å²) in [7, 11) is 0. The minimum absolute atomic E-state index is 0. The van der Waals surface area contributed by atoms with Gasteiger partial charge >= 0.3 is 26.2 Å². The van der Waals surface area contributed by atoms with Gasteiger partial charge in [-0.05, 0) is 55.6 Å². The number of hydrogen-bond donors (Lipinski definition) is 0. The molecule has 3 aliphatic rings. The summed E-state index contributed by atoms with van der Waals surface area (Å²) in [5, 5.41) is 0. The summed E-state index contributed by atoms with van der Waals surface area (Å²) in [4.78, 5) is 0. The maximum atomic E-state index is 3.60. The van der Waals surface area contributed by atoms with Gasteiger partial charge in [0.1, 0.15) is 0 Å². The molecule has 2 unspecified atom stereocenters. The van der Waals surface area contributed by atoms with Gasteiger partial charge < -0.3 is 29.2 Å². The van der Waals surface area contributed by atoms with Crippen molar-refractivity contribution in [3.63, 3.8) is 0 Å². The zero-order chi connectivity index (χ0) is 25.6. The monoisotopic (exact) mass is 572 g/mol. The third-order valence-corrected chi connectivity index (χ3v) is 6.62. The third kappa shape index (κ3) is 20.1. The van der Waals surface area contributed by atoms with Crippen molar-refractivity contribution in [3.8, 4) is 0 Å². The first-order valence-electron chi connectivity index (χ1n) is 14.1. The van der Waals surface area contributed by atoms with Crippen LogP contribution in [-0.2, 0) is 26.2 Å². The number of rotatable bonds is 1. The predicted octanol–water partition coefficient (Wildman–Crippen LogP) is 13.2. The molecule has 3 aliphatic carbocycles. The first-order valence-corrected chi connectivity index (χ1v) is 14.1. The zero-order valence-corrected chi connectivity index (χ0v) is 30.9. The molecule has 1 fully saturated rings. The Morgan fingerprint density at radius 1 is 0.629 bits per heavy atom. The first kappa shape index (κ1) is 55.8. The van der Waals surface area contributed by atoms with E-state index < -0.39 is 0 Å². The molecule has 0 nitrogen and oxygen atoms in total.